The lowest BCUT2D eigenvalue weighted by molar-refractivity contribution is 0.0373. The van der Waals surface area contributed by atoms with Crippen molar-refractivity contribution in [2.24, 2.45) is 5.73 Å². The van der Waals surface area contributed by atoms with E-state index in [0.717, 1.165) is 26.3 Å². The van der Waals surface area contributed by atoms with Crippen molar-refractivity contribution < 1.29 is 4.74 Å². The topological polar surface area (TPSA) is 62.3 Å². The summed E-state index contributed by atoms with van der Waals surface area (Å²) in [7, 11) is 0. The van der Waals surface area contributed by atoms with Crippen molar-refractivity contribution in [1.29, 1.82) is 5.26 Å². The van der Waals surface area contributed by atoms with Crippen molar-refractivity contribution in [3.8, 4) is 6.07 Å². The molecular weight excluding hydrogens is 142 g/mol. The summed E-state index contributed by atoms with van der Waals surface area (Å²) in [6.45, 7) is 3.99. The first-order chi connectivity index (χ1) is 5.33. The van der Waals surface area contributed by atoms with Crippen LogP contribution in [0.4, 0.5) is 0 Å². The van der Waals surface area contributed by atoms with Gasteiger partial charge in [0.05, 0.1) is 19.3 Å². The van der Waals surface area contributed by atoms with Crippen LogP contribution in [0.15, 0.2) is 0 Å². The number of nitrogens with two attached hydrogens (primary N) is 1. The Labute approximate surface area is 66.5 Å². The molecule has 1 atom stereocenters. The summed E-state index contributed by atoms with van der Waals surface area (Å²) in [4.78, 5) is 2.15. The van der Waals surface area contributed by atoms with Gasteiger partial charge < -0.3 is 10.5 Å². The number of nitrogens with zero attached hydrogens (tertiary/aromatic N) is 2. The fraction of sp³-hybridized carbons (Fsp3) is 0.857. The zero-order chi connectivity index (χ0) is 8.10. The fourth-order valence-corrected chi connectivity index (χ4v) is 1.10. The highest BCUT2D eigenvalue weighted by atomic mass is 16.5. The average Bonchev–Trinajstić information content (AvgIpc) is 2.06. The molecule has 1 rings (SSSR count). The van der Waals surface area contributed by atoms with Crippen molar-refractivity contribution in [1.82, 2.24) is 4.90 Å². The SMILES string of the molecule is N#CC(N)CN1CCOCC1. The van der Waals surface area contributed by atoms with Gasteiger partial charge in [0.25, 0.3) is 0 Å². The van der Waals surface area contributed by atoms with Crippen LogP contribution in [0.2, 0.25) is 0 Å². The van der Waals surface area contributed by atoms with Crippen LogP contribution < -0.4 is 5.73 Å². The van der Waals surface area contributed by atoms with E-state index in [1.807, 2.05) is 6.07 Å². The molecule has 4 heteroatoms. The molecule has 11 heavy (non-hydrogen) atoms. The fourth-order valence-electron chi connectivity index (χ4n) is 1.10. The zero-order valence-electron chi connectivity index (χ0n) is 6.49. The first-order valence-electron chi connectivity index (χ1n) is 3.78. The Morgan fingerprint density at radius 3 is 2.73 bits per heavy atom. The molecule has 0 bridgehead atoms. The maximum absolute atomic E-state index is 8.43. The van der Waals surface area contributed by atoms with E-state index in [4.69, 9.17) is 15.7 Å². The number of hydrogen-bond acceptors (Lipinski definition) is 4. The van der Waals surface area contributed by atoms with Crippen LogP contribution >= 0.6 is 0 Å². The third-order valence-electron chi connectivity index (χ3n) is 1.72. The molecule has 0 aromatic heterocycles. The first kappa shape index (κ1) is 8.47. The maximum Gasteiger partial charge on any atom is 0.106 e. The number of ether oxygens (including phenoxy) is 1. The molecule has 1 aliphatic rings. The first-order valence-corrected chi connectivity index (χ1v) is 3.78. The van der Waals surface area contributed by atoms with Crippen molar-refractivity contribution in [3.05, 3.63) is 0 Å². The predicted octanol–water partition coefficient (Wildman–Crippen LogP) is -0.831. The normalized spacial score (nSPS) is 22.5. The Bertz CT molecular complexity index is 148. The molecule has 4 nitrogen and oxygen atoms in total. The van der Waals surface area contributed by atoms with Crippen molar-refractivity contribution in [2.75, 3.05) is 32.8 Å². The van der Waals surface area contributed by atoms with Gasteiger partial charge in [-0.15, -0.1) is 0 Å². The van der Waals surface area contributed by atoms with Gasteiger partial charge in [0, 0.05) is 19.6 Å². The summed E-state index contributed by atoms with van der Waals surface area (Å²) in [6.07, 6.45) is 0. The van der Waals surface area contributed by atoms with Crippen molar-refractivity contribution >= 4 is 0 Å². The number of rotatable bonds is 2. The molecule has 1 aliphatic heterocycles. The molecular formula is C7H13N3O. The molecule has 1 saturated heterocycles. The second-order valence-corrected chi connectivity index (χ2v) is 2.65. The molecule has 62 valence electrons. The van der Waals surface area contributed by atoms with Gasteiger partial charge in [-0.25, -0.2) is 0 Å². The van der Waals surface area contributed by atoms with E-state index in [1.165, 1.54) is 0 Å². The maximum atomic E-state index is 8.43. The van der Waals surface area contributed by atoms with Crippen molar-refractivity contribution in [2.45, 2.75) is 6.04 Å². The number of hydrogen-bond donors (Lipinski definition) is 1. The second-order valence-electron chi connectivity index (χ2n) is 2.65. The second kappa shape index (κ2) is 4.29. The van der Waals surface area contributed by atoms with E-state index in [1.54, 1.807) is 0 Å². The van der Waals surface area contributed by atoms with Gasteiger partial charge in [-0.05, 0) is 0 Å². The number of morpholine rings is 1. The molecule has 1 fully saturated rings. The minimum Gasteiger partial charge on any atom is -0.379 e. The standard InChI is InChI=1S/C7H13N3O/c8-5-7(9)6-10-1-3-11-4-2-10/h7H,1-4,6,9H2. The lowest BCUT2D eigenvalue weighted by atomic mass is 10.3. The monoisotopic (exact) mass is 155 g/mol. The zero-order valence-corrected chi connectivity index (χ0v) is 6.49. The van der Waals surface area contributed by atoms with E-state index in [9.17, 15) is 0 Å². The summed E-state index contributed by atoms with van der Waals surface area (Å²) in [5.74, 6) is 0. The van der Waals surface area contributed by atoms with E-state index in [0.29, 0.717) is 6.54 Å². The van der Waals surface area contributed by atoms with Crippen LogP contribution in [0.3, 0.4) is 0 Å². The molecule has 1 heterocycles. The quantitative estimate of drug-likeness (QED) is 0.565. The van der Waals surface area contributed by atoms with E-state index >= 15 is 0 Å². The van der Waals surface area contributed by atoms with Crippen LogP contribution in [0.1, 0.15) is 0 Å². The Kier molecular flexibility index (Phi) is 3.30. The van der Waals surface area contributed by atoms with Gasteiger partial charge >= 0.3 is 0 Å². The Morgan fingerprint density at radius 1 is 1.55 bits per heavy atom. The average molecular weight is 155 g/mol. The molecule has 1 unspecified atom stereocenters. The van der Waals surface area contributed by atoms with E-state index in [-0.39, 0.29) is 6.04 Å². The van der Waals surface area contributed by atoms with Gasteiger partial charge in [-0.1, -0.05) is 0 Å². The highest BCUT2D eigenvalue weighted by Gasteiger charge is 2.12. The molecule has 0 aromatic rings. The lowest BCUT2D eigenvalue weighted by Crippen LogP contribution is -2.43. The number of nitriles is 1. The summed E-state index contributed by atoms with van der Waals surface area (Å²) in [5, 5.41) is 8.43. The van der Waals surface area contributed by atoms with Gasteiger partial charge in [0.1, 0.15) is 6.04 Å². The van der Waals surface area contributed by atoms with E-state index in [2.05, 4.69) is 4.90 Å². The predicted molar refractivity (Wildman–Crippen MR) is 40.8 cm³/mol. The molecule has 0 aliphatic carbocycles. The highest BCUT2D eigenvalue weighted by Crippen LogP contribution is 1.96. The van der Waals surface area contributed by atoms with Crippen LogP contribution in [0, 0.1) is 11.3 Å². The van der Waals surface area contributed by atoms with Crippen LogP contribution in [0.5, 0.6) is 0 Å². The molecule has 0 aromatic carbocycles. The lowest BCUT2D eigenvalue weighted by Gasteiger charge is -2.26. The highest BCUT2D eigenvalue weighted by molar-refractivity contribution is 4.89. The van der Waals surface area contributed by atoms with Crippen LogP contribution in [-0.2, 0) is 4.74 Å². The molecule has 0 saturated carbocycles. The third kappa shape index (κ3) is 2.85. The minimum absolute atomic E-state index is 0.354. The summed E-state index contributed by atoms with van der Waals surface area (Å²) < 4.78 is 5.15. The third-order valence-corrected chi connectivity index (χ3v) is 1.72. The van der Waals surface area contributed by atoms with Gasteiger partial charge in [-0.3, -0.25) is 4.90 Å². The Morgan fingerprint density at radius 2 is 2.18 bits per heavy atom. The van der Waals surface area contributed by atoms with Crippen molar-refractivity contribution in [3.63, 3.8) is 0 Å². The molecule has 2 N–H and O–H groups in total. The summed E-state index contributed by atoms with van der Waals surface area (Å²) >= 11 is 0. The molecule has 0 amide bonds. The smallest absolute Gasteiger partial charge is 0.106 e. The Balaban J connectivity index is 2.20. The molecule has 0 spiro atoms. The van der Waals surface area contributed by atoms with Gasteiger partial charge in [0.15, 0.2) is 0 Å². The van der Waals surface area contributed by atoms with Gasteiger partial charge in [-0.2, -0.15) is 5.26 Å². The molecule has 0 radical (unpaired) electrons. The van der Waals surface area contributed by atoms with Crippen LogP contribution in [0.25, 0.3) is 0 Å². The Hall–Kier alpha value is -0.630. The minimum atomic E-state index is -0.354. The summed E-state index contributed by atoms with van der Waals surface area (Å²) in [5.41, 5.74) is 5.46. The largest absolute Gasteiger partial charge is 0.379 e. The van der Waals surface area contributed by atoms with Crippen LogP contribution in [-0.4, -0.2) is 43.8 Å². The van der Waals surface area contributed by atoms with E-state index < -0.39 is 0 Å². The summed E-state index contributed by atoms with van der Waals surface area (Å²) in [6, 6.07) is 1.65. The van der Waals surface area contributed by atoms with Gasteiger partial charge in [0.2, 0.25) is 0 Å².